The van der Waals surface area contributed by atoms with E-state index in [0.29, 0.717) is 22.3 Å². The summed E-state index contributed by atoms with van der Waals surface area (Å²) < 4.78 is 15.0. The fraction of sp³-hybridized carbons (Fsp3) is 0.182. The Kier molecular flexibility index (Phi) is 2.33. The van der Waals surface area contributed by atoms with Crippen molar-refractivity contribution < 1.29 is 18.7 Å². The molecular formula is C11H10O4. The highest BCUT2D eigenvalue weighted by Crippen LogP contribution is 2.29. The van der Waals surface area contributed by atoms with Crippen LogP contribution in [0.1, 0.15) is 10.4 Å². The van der Waals surface area contributed by atoms with Crippen LogP contribution in [0.3, 0.4) is 0 Å². The zero-order chi connectivity index (χ0) is 10.8. The molecule has 4 nitrogen and oxygen atoms in total. The Balaban J connectivity index is 2.74. The number of methoxy groups -OCH3 is 2. The van der Waals surface area contributed by atoms with Gasteiger partial charge in [0.15, 0.2) is 0 Å². The molecule has 0 aliphatic heterocycles. The number of benzene rings is 1. The Morgan fingerprint density at radius 2 is 2.07 bits per heavy atom. The number of hydrogen-bond donors (Lipinski definition) is 0. The van der Waals surface area contributed by atoms with Crippen molar-refractivity contribution in [3.8, 4) is 5.75 Å². The molecule has 0 unspecified atom stereocenters. The van der Waals surface area contributed by atoms with Crippen LogP contribution in [0.25, 0.3) is 11.0 Å². The maximum absolute atomic E-state index is 11.6. The number of carbonyl (C=O) groups excluding carboxylic acids is 1. The average molecular weight is 206 g/mol. The molecule has 0 saturated carbocycles. The van der Waals surface area contributed by atoms with E-state index < -0.39 is 5.97 Å². The Labute approximate surface area is 86.4 Å². The summed E-state index contributed by atoms with van der Waals surface area (Å²) >= 11 is 0. The lowest BCUT2D eigenvalue weighted by Crippen LogP contribution is -2.04. The summed E-state index contributed by atoms with van der Waals surface area (Å²) in [7, 11) is 2.84. The topological polar surface area (TPSA) is 48.7 Å². The number of rotatable bonds is 2. The maximum atomic E-state index is 11.6. The van der Waals surface area contributed by atoms with Crippen LogP contribution in [-0.4, -0.2) is 20.2 Å². The number of ether oxygens (including phenoxy) is 2. The highest BCUT2D eigenvalue weighted by Gasteiger charge is 2.17. The third-order valence-electron chi connectivity index (χ3n) is 2.21. The second-order valence-corrected chi connectivity index (χ2v) is 2.97. The van der Waals surface area contributed by atoms with E-state index in [9.17, 15) is 4.79 Å². The van der Waals surface area contributed by atoms with Crippen molar-refractivity contribution >= 4 is 16.9 Å². The van der Waals surface area contributed by atoms with Gasteiger partial charge in [-0.2, -0.15) is 0 Å². The van der Waals surface area contributed by atoms with Gasteiger partial charge in [0.25, 0.3) is 0 Å². The van der Waals surface area contributed by atoms with Gasteiger partial charge in [-0.15, -0.1) is 0 Å². The number of hydrogen-bond acceptors (Lipinski definition) is 4. The molecule has 78 valence electrons. The summed E-state index contributed by atoms with van der Waals surface area (Å²) in [5.74, 6) is 0.0506. The standard InChI is InChI=1S/C11H10O4/c1-13-9-4-3-8-7(5-6-15-8)10(9)11(12)14-2/h3-6H,1-2H3. The van der Waals surface area contributed by atoms with E-state index in [1.54, 1.807) is 18.2 Å². The van der Waals surface area contributed by atoms with Crippen LogP contribution in [-0.2, 0) is 4.74 Å². The van der Waals surface area contributed by atoms with E-state index in [0.717, 1.165) is 0 Å². The summed E-state index contributed by atoms with van der Waals surface area (Å²) in [5, 5.41) is 0.696. The largest absolute Gasteiger partial charge is 0.496 e. The fourth-order valence-electron chi connectivity index (χ4n) is 1.51. The molecule has 0 saturated heterocycles. The van der Waals surface area contributed by atoms with Crippen molar-refractivity contribution in [2.45, 2.75) is 0 Å². The molecule has 0 atom stereocenters. The Morgan fingerprint density at radius 3 is 2.73 bits per heavy atom. The van der Waals surface area contributed by atoms with E-state index in [-0.39, 0.29) is 0 Å². The van der Waals surface area contributed by atoms with Crippen molar-refractivity contribution in [1.82, 2.24) is 0 Å². The monoisotopic (exact) mass is 206 g/mol. The van der Waals surface area contributed by atoms with Crippen LogP contribution in [0.2, 0.25) is 0 Å². The minimum atomic E-state index is -0.432. The van der Waals surface area contributed by atoms with Gasteiger partial charge in [0.05, 0.1) is 20.5 Å². The summed E-state index contributed by atoms with van der Waals surface area (Å²) in [5.41, 5.74) is 1.03. The van der Waals surface area contributed by atoms with Gasteiger partial charge < -0.3 is 13.9 Å². The summed E-state index contributed by atoms with van der Waals surface area (Å²) in [6, 6.07) is 5.14. The molecule has 2 rings (SSSR count). The zero-order valence-corrected chi connectivity index (χ0v) is 8.44. The molecule has 0 aliphatic rings. The van der Waals surface area contributed by atoms with Crippen molar-refractivity contribution in [2.24, 2.45) is 0 Å². The quantitative estimate of drug-likeness (QED) is 0.707. The highest BCUT2D eigenvalue weighted by molar-refractivity contribution is 6.05. The predicted octanol–water partition coefficient (Wildman–Crippen LogP) is 2.23. The molecule has 4 heteroatoms. The fourth-order valence-corrected chi connectivity index (χ4v) is 1.51. The van der Waals surface area contributed by atoms with Gasteiger partial charge in [-0.3, -0.25) is 0 Å². The molecule has 0 aliphatic carbocycles. The van der Waals surface area contributed by atoms with Gasteiger partial charge in [0.2, 0.25) is 0 Å². The molecule has 1 aromatic heterocycles. The van der Waals surface area contributed by atoms with Crippen LogP contribution in [0.4, 0.5) is 0 Å². The maximum Gasteiger partial charge on any atom is 0.342 e. The lowest BCUT2D eigenvalue weighted by Gasteiger charge is -2.06. The first-order valence-electron chi connectivity index (χ1n) is 4.40. The molecule has 2 aromatic rings. The normalized spacial score (nSPS) is 10.3. The van der Waals surface area contributed by atoms with Crippen molar-refractivity contribution in [3.05, 3.63) is 30.0 Å². The van der Waals surface area contributed by atoms with E-state index in [1.165, 1.54) is 20.5 Å². The van der Waals surface area contributed by atoms with Crippen LogP contribution < -0.4 is 4.74 Å². The van der Waals surface area contributed by atoms with Gasteiger partial charge in [0, 0.05) is 5.39 Å². The second-order valence-electron chi connectivity index (χ2n) is 2.97. The van der Waals surface area contributed by atoms with Gasteiger partial charge in [-0.25, -0.2) is 4.79 Å². The van der Waals surface area contributed by atoms with Crippen molar-refractivity contribution in [2.75, 3.05) is 14.2 Å². The Hall–Kier alpha value is -1.97. The van der Waals surface area contributed by atoms with Gasteiger partial charge in [0.1, 0.15) is 16.9 Å². The number of furan rings is 1. The third kappa shape index (κ3) is 1.44. The molecule has 0 amide bonds. The van der Waals surface area contributed by atoms with Gasteiger partial charge in [-0.1, -0.05) is 0 Å². The molecule has 0 radical (unpaired) electrons. The van der Waals surface area contributed by atoms with Crippen LogP contribution in [0.5, 0.6) is 5.75 Å². The summed E-state index contributed by atoms with van der Waals surface area (Å²) in [6.45, 7) is 0. The third-order valence-corrected chi connectivity index (χ3v) is 2.21. The minimum absolute atomic E-state index is 0.395. The first kappa shape index (κ1) is 9.58. The molecule has 1 aromatic carbocycles. The molecule has 0 N–H and O–H groups in total. The zero-order valence-electron chi connectivity index (χ0n) is 8.44. The van der Waals surface area contributed by atoms with E-state index in [1.807, 2.05) is 0 Å². The van der Waals surface area contributed by atoms with E-state index >= 15 is 0 Å². The van der Waals surface area contributed by atoms with Crippen LogP contribution in [0, 0.1) is 0 Å². The number of fused-ring (bicyclic) bond motifs is 1. The first-order valence-corrected chi connectivity index (χ1v) is 4.40. The second kappa shape index (κ2) is 3.65. The molecule has 1 heterocycles. The lowest BCUT2D eigenvalue weighted by atomic mass is 10.1. The molecule has 0 fully saturated rings. The summed E-state index contributed by atoms with van der Waals surface area (Å²) in [4.78, 5) is 11.6. The lowest BCUT2D eigenvalue weighted by molar-refractivity contribution is 0.0599. The predicted molar refractivity (Wildman–Crippen MR) is 54.1 cm³/mol. The Morgan fingerprint density at radius 1 is 1.27 bits per heavy atom. The van der Waals surface area contributed by atoms with Crippen LogP contribution in [0.15, 0.2) is 28.9 Å². The smallest absolute Gasteiger partial charge is 0.342 e. The summed E-state index contributed by atoms with van der Waals surface area (Å²) in [6.07, 6.45) is 1.52. The van der Waals surface area contributed by atoms with Crippen molar-refractivity contribution in [1.29, 1.82) is 0 Å². The van der Waals surface area contributed by atoms with E-state index in [4.69, 9.17) is 13.9 Å². The Bertz CT molecular complexity index is 498. The SMILES string of the molecule is COC(=O)c1c(OC)ccc2occc12. The number of carbonyl (C=O) groups is 1. The van der Waals surface area contributed by atoms with Gasteiger partial charge in [-0.05, 0) is 18.2 Å². The molecule has 0 bridgehead atoms. The van der Waals surface area contributed by atoms with E-state index in [2.05, 4.69) is 0 Å². The highest BCUT2D eigenvalue weighted by atomic mass is 16.5. The van der Waals surface area contributed by atoms with Gasteiger partial charge >= 0.3 is 5.97 Å². The molecular weight excluding hydrogens is 196 g/mol. The number of esters is 1. The molecule has 0 spiro atoms. The average Bonchev–Trinajstić information content (AvgIpc) is 2.74. The van der Waals surface area contributed by atoms with Crippen LogP contribution >= 0.6 is 0 Å². The first-order chi connectivity index (χ1) is 7.27. The van der Waals surface area contributed by atoms with Crippen molar-refractivity contribution in [3.63, 3.8) is 0 Å². The minimum Gasteiger partial charge on any atom is -0.496 e. The molecule has 15 heavy (non-hydrogen) atoms.